The van der Waals surface area contributed by atoms with Gasteiger partial charge in [0.1, 0.15) is 5.82 Å². The van der Waals surface area contributed by atoms with Crippen LogP contribution in [0.4, 0.5) is 10.1 Å². The summed E-state index contributed by atoms with van der Waals surface area (Å²) in [7, 11) is -2.15. The normalized spacial score (nSPS) is 15.7. The lowest BCUT2D eigenvalue weighted by Crippen LogP contribution is -3.15. The third kappa shape index (κ3) is 4.11. The fraction of sp³-hybridized carbons (Fsp3) is 0.350. The Morgan fingerprint density at radius 2 is 1.90 bits per heavy atom. The third-order valence-electron chi connectivity index (χ3n) is 5.51. The number of para-hydroxylation sites is 1. The molecule has 2 N–H and O–H groups in total. The lowest BCUT2D eigenvalue weighted by molar-refractivity contribution is -0.899. The number of aryl methyl sites for hydroxylation is 1. The summed E-state index contributed by atoms with van der Waals surface area (Å²) in [5.74, 6) is -0.759. The number of sulfonamides is 1. The van der Waals surface area contributed by atoms with Gasteiger partial charge in [0, 0.05) is 13.1 Å². The Bertz CT molecular complexity index is 1210. The van der Waals surface area contributed by atoms with Gasteiger partial charge in [-0.05, 0) is 24.3 Å². The van der Waals surface area contributed by atoms with Gasteiger partial charge in [0.2, 0.25) is 10.0 Å². The van der Waals surface area contributed by atoms with Crippen LogP contribution < -0.4 is 20.3 Å². The number of rotatable bonds is 6. The van der Waals surface area contributed by atoms with E-state index in [1.807, 2.05) is 11.0 Å². The van der Waals surface area contributed by atoms with Crippen LogP contribution in [0.3, 0.4) is 0 Å². The molecular weight excluding hydrogens is 411 g/mol. The molecule has 0 spiro atoms. The highest BCUT2D eigenvalue weighted by atomic mass is 32.2. The number of fused-ring (bicyclic) bond motifs is 1. The van der Waals surface area contributed by atoms with Gasteiger partial charge in [-0.1, -0.05) is 12.1 Å². The molecule has 1 fully saturated rings. The third-order valence-corrected chi connectivity index (χ3v) is 6.97. The van der Waals surface area contributed by atoms with Crippen LogP contribution in [0.5, 0.6) is 0 Å². The Morgan fingerprint density at radius 1 is 1.17 bits per heavy atom. The summed E-state index contributed by atoms with van der Waals surface area (Å²) in [4.78, 5) is 14.9. The zero-order valence-electron chi connectivity index (χ0n) is 16.6. The van der Waals surface area contributed by atoms with E-state index < -0.39 is 15.8 Å². The van der Waals surface area contributed by atoms with Crippen LogP contribution in [0, 0.1) is 5.82 Å². The molecule has 30 heavy (non-hydrogen) atoms. The number of aromatic nitrogens is 1. The summed E-state index contributed by atoms with van der Waals surface area (Å²) in [6, 6.07) is 11.1. The number of nitrogens with zero attached hydrogens (tertiary/aromatic N) is 2. The summed E-state index contributed by atoms with van der Waals surface area (Å²) in [6.45, 7) is 3.95. The Morgan fingerprint density at radius 3 is 2.63 bits per heavy atom. The molecule has 2 heterocycles. The van der Waals surface area contributed by atoms with Crippen LogP contribution >= 0.6 is 0 Å². The van der Waals surface area contributed by atoms with Crippen molar-refractivity contribution in [3.05, 3.63) is 58.8 Å². The highest BCUT2D eigenvalue weighted by Crippen LogP contribution is 2.19. The lowest BCUT2D eigenvalue weighted by Gasteiger charge is -2.33. The van der Waals surface area contributed by atoms with E-state index >= 15 is 0 Å². The van der Waals surface area contributed by atoms with Gasteiger partial charge in [0.25, 0.3) is 0 Å². The van der Waals surface area contributed by atoms with Crippen molar-refractivity contribution in [3.8, 4) is 0 Å². The van der Waals surface area contributed by atoms with E-state index in [9.17, 15) is 17.6 Å². The zero-order valence-corrected chi connectivity index (χ0v) is 17.4. The Hall–Kier alpha value is -2.69. The van der Waals surface area contributed by atoms with Crippen LogP contribution in [0.1, 0.15) is 0 Å². The van der Waals surface area contributed by atoms with Gasteiger partial charge in [-0.25, -0.2) is 22.3 Å². The van der Waals surface area contributed by atoms with Crippen LogP contribution in [-0.2, 0) is 17.1 Å². The highest BCUT2D eigenvalue weighted by molar-refractivity contribution is 7.89. The standard InChI is InChI=1S/C20H23FN4O4S/c1-23-18-7-6-15(14-19(18)29-20(23)26)30(27,28)22-8-9-24-10-12-25(13-11-24)17-5-3-2-4-16(17)21/h2-7,14,22H,8-13H2,1H3/p+1. The van der Waals surface area contributed by atoms with E-state index in [-0.39, 0.29) is 22.8 Å². The summed E-state index contributed by atoms with van der Waals surface area (Å²) >= 11 is 0. The minimum absolute atomic E-state index is 0.0590. The van der Waals surface area contributed by atoms with Gasteiger partial charge in [-0.3, -0.25) is 4.57 Å². The zero-order chi connectivity index (χ0) is 21.3. The number of halogens is 1. The largest absolute Gasteiger partial charge is 0.419 e. The highest BCUT2D eigenvalue weighted by Gasteiger charge is 2.23. The van der Waals surface area contributed by atoms with Crippen molar-refractivity contribution in [3.63, 3.8) is 0 Å². The number of piperazine rings is 1. The van der Waals surface area contributed by atoms with E-state index in [4.69, 9.17) is 4.42 Å². The van der Waals surface area contributed by atoms with E-state index in [2.05, 4.69) is 4.72 Å². The number of benzene rings is 2. The SMILES string of the molecule is Cn1c(=O)oc2cc(S(=O)(=O)NCC[NH+]3CCN(c4ccccc4F)CC3)ccc21. The Kier molecular flexibility index (Phi) is 5.63. The van der Waals surface area contributed by atoms with Crippen molar-refractivity contribution in [2.75, 3.05) is 44.2 Å². The molecule has 2 aromatic carbocycles. The van der Waals surface area contributed by atoms with Crippen molar-refractivity contribution in [1.82, 2.24) is 9.29 Å². The average molecular weight is 436 g/mol. The van der Waals surface area contributed by atoms with Crippen molar-refractivity contribution in [2.45, 2.75) is 4.90 Å². The quantitative estimate of drug-likeness (QED) is 0.567. The molecule has 0 unspecified atom stereocenters. The molecule has 10 heteroatoms. The number of anilines is 1. The number of quaternary nitrogens is 1. The Labute approximate surface area is 173 Å². The van der Waals surface area contributed by atoms with Gasteiger partial charge in [-0.15, -0.1) is 0 Å². The minimum atomic E-state index is -3.71. The first-order chi connectivity index (χ1) is 14.3. The lowest BCUT2D eigenvalue weighted by atomic mass is 10.2. The van der Waals surface area contributed by atoms with Crippen molar-refractivity contribution < 1.29 is 22.1 Å². The van der Waals surface area contributed by atoms with Crippen molar-refractivity contribution in [2.24, 2.45) is 7.05 Å². The van der Waals surface area contributed by atoms with Crippen LogP contribution in [0.2, 0.25) is 0 Å². The predicted molar refractivity (Wildman–Crippen MR) is 111 cm³/mol. The minimum Gasteiger partial charge on any atom is -0.408 e. The molecule has 0 bridgehead atoms. The van der Waals surface area contributed by atoms with E-state index in [1.54, 1.807) is 25.2 Å². The monoisotopic (exact) mass is 435 g/mol. The number of hydrogen-bond donors (Lipinski definition) is 2. The van der Waals surface area contributed by atoms with E-state index in [0.29, 0.717) is 30.8 Å². The number of nitrogens with one attached hydrogen (secondary N) is 2. The fourth-order valence-electron chi connectivity index (χ4n) is 3.75. The average Bonchev–Trinajstić information content (AvgIpc) is 3.02. The first kappa shape index (κ1) is 20.6. The maximum absolute atomic E-state index is 13.9. The first-order valence-electron chi connectivity index (χ1n) is 9.77. The summed E-state index contributed by atoms with van der Waals surface area (Å²) in [5.41, 5.74) is 1.39. The molecule has 3 aromatic rings. The summed E-state index contributed by atoms with van der Waals surface area (Å²) in [6.07, 6.45) is 0. The Balaban J connectivity index is 1.32. The number of hydrogen-bond acceptors (Lipinski definition) is 5. The maximum atomic E-state index is 13.9. The van der Waals surface area contributed by atoms with Gasteiger partial charge >= 0.3 is 5.76 Å². The second-order valence-electron chi connectivity index (χ2n) is 7.39. The maximum Gasteiger partial charge on any atom is 0.419 e. The molecular formula is C20H24FN4O4S+. The molecule has 8 nitrogen and oxygen atoms in total. The fourth-order valence-corrected chi connectivity index (χ4v) is 4.80. The van der Waals surface area contributed by atoms with Crippen molar-refractivity contribution >= 4 is 26.8 Å². The molecule has 0 saturated carbocycles. The second kappa shape index (κ2) is 8.21. The molecule has 160 valence electrons. The van der Waals surface area contributed by atoms with Crippen LogP contribution in [-0.4, -0.2) is 52.3 Å². The smallest absolute Gasteiger partial charge is 0.408 e. The van der Waals surface area contributed by atoms with E-state index in [1.165, 1.54) is 27.7 Å². The van der Waals surface area contributed by atoms with Gasteiger partial charge in [0.05, 0.1) is 55.4 Å². The van der Waals surface area contributed by atoms with Crippen LogP contribution in [0.25, 0.3) is 11.1 Å². The predicted octanol–water partition coefficient (Wildman–Crippen LogP) is -0.0460. The molecule has 0 amide bonds. The van der Waals surface area contributed by atoms with Gasteiger partial charge < -0.3 is 14.2 Å². The molecule has 0 atom stereocenters. The van der Waals surface area contributed by atoms with Crippen LogP contribution in [0.15, 0.2) is 56.6 Å². The topological polar surface area (TPSA) is 89.0 Å². The molecule has 1 aromatic heterocycles. The number of oxazole rings is 1. The summed E-state index contributed by atoms with van der Waals surface area (Å²) in [5, 5.41) is 0. The first-order valence-corrected chi connectivity index (χ1v) is 11.3. The molecule has 1 aliphatic rings. The summed E-state index contributed by atoms with van der Waals surface area (Å²) < 4.78 is 48.1. The van der Waals surface area contributed by atoms with E-state index in [0.717, 1.165) is 13.1 Å². The molecule has 0 aliphatic carbocycles. The van der Waals surface area contributed by atoms with Gasteiger partial charge in [0.15, 0.2) is 5.58 Å². The molecule has 4 rings (SSSR count). The second-order valence-corrected chi connectivity index (χ2v) is 9.16. The van der Waals surface area contributed by atoms with Crippen molar-refractivity contribution in [1.29, 1.82) is 0 Å². The molecule has 1 saturated heterocycles. The molecule has 1 aliphatic heterocycles. The van der Waals surface area contributed by atoms with Gasteiger partial charge in [-0.2, -0.15) is 0 Å². The molecule has 0 radical (unpaired) electrons.